The zero-order valence-corrected chi connectivity index (χ0v) is 11.1. The van der Waals surface area contributed by atoms with Gasteiger partial charge in [-0.25, -0.2) is 0 Å². The lowest BCUT2D eigenvalue weighted by atomic mass is 10.0. The number of rotatable bonds is 3. The van der Waals surface area contributed by atoms with Gasteiger partial charge in [-0.05, 0) is 61.1 Å². The molecule has 0 aromatic heterocycles. The molecule has 0 aliphatic carbocycles. The third-order valence-corrected chi connectivity index (χ3v) is 3.04. The minimum atomic E-state index is 0.0981. The molecule has 0 amide bonds. The zero-order chi connectivity index (χ0) is 10.8. The molecule has 0 fully saturated rings. The fourth-order valence-electron chi connectivity index (χ4n) is 1.10. The Morgan fingerprint density at radius 1 is 1.43 bits per heavy atom. The highest BCUT2D eigenvalue weighted by molar-refractivity contribution is 14.1. The lowest BCUT2D eigenvalue weighted by Gasteiger charge is -2.26. The average Bonchev–Trinajstić information content (AvgIpc) is 2.10. The van der Waals surface area contributed by atoms with E-state index >= 15 is 0 Å². The van der Waals surface area contributed by atoms with E-state index in [2.05, 4.69) is 54.7 Å². The number of hydrogen-bond acceptors (Lipinski definition) is 2. The highest BCUT2D eigenvalue weighted by Gasteiger charge is 2.15. The van der Waals surface area contributed by atoms with Crippen LogP contribution in [0.15, 0.2) is 18.2 Å². The number of nitrogens with one attached hydrogen (secondary N) is 1. The van der Waals surface area contributed by atoms with Crippen LogP contribution in [-0.4, -0.2) is 5.54 Å². The molecular weight excluding hydrogens is 287 g/mol. The van der Waals surface area contributed by atoms with E-state index in [1.54, 1.807) is 0 Å². The molecule has 1 rings (SSSR count). The molecule has 0 radical (unpaired) electrons. The van der Waals surface area contributed by atoms with E-state index in [-0.39, 0.29) is 5.54 Å². The monoisotopic (exact) mass is 304 g/mol. The van der Waals surface area contributed by atoms with Crippen molar-refractivity contribution in [2.75, 3.05) is 11.1 Å². The lowest BCUT2D eigenvalue weighted by Crippen LogP contribution is -2.30. The Hall–Kier alpha value is -0.450. The molecule has 0 unspecified atom stereocenters. The van der Waals surface area contributed by atoms with E-state index < -0.39 is 0 Å². The third-order valence-electron chi connectivity index (χ3n) is 2.37. The molecule has 0 atom stereocenters. The molecule has 1 aromatic carbocycles. The van der Waals surface area contributed by atoms with Crippen molar-refractivity contribution >= 4 is 34.0 Å². The molecule has 0 aliphatic rings. The lowest BCUT2D eigenvalue weighted by molar-refractivity contribution is 0.547. The average molecular weight is 304 g/mol. The molecule has 1 aromatic rings. The molecule has 0 saturated carbocycles. The SMILES string of the molecule is CCC(C)(C)Nc1ccc(I)cc1N. The van der Waals surface area contributed by atoms with Gasteiger partial charge in [0.2, 0.25) is 0 Å². The third kappa shape index (κ3) is 3.04. The Morgan fingerprint density at radius 2 is 2.07 bits per heavy atom. The molecular formula is C11H17IN2. The van der Waals surface area contributed by atoms with Gasteiger partial charge in [-0.15, -0.1) is 0 Å². The first-order valence-electron chi connectivity index (χ1n) is 4.78. The maximum absolute atomic E-state index is 5.92. The normalized spacial score (nSPS) is 11.4. The first-order valence-corrected chi connectivity index (χ1v) is 5.86. The van der Waals surface area contributed by atoms with Crippen molar-refractivity contribution in [2.45, 2.75) is 32.7 Å². The van der Waals surface area contributed by atoms with E-state index in [1.165, 1.54) is 3.57 Å². The number of nitrogens with two attached hydrogens (primary N) is 1. The fourth-order valence-corrected chi connectivity index (χ4v) is 1.62. The first kappa shape index (κ1) is 11.6. The predicted octanol–water partition coefficient (Wildman–Crippen LogP) is 3.47. The summed E-state index contributed by atoms with van der Waals surface area (Å²) in [6.07, 6.45) is 1.07. The molecule has 2 nitrogen and oxygen atoms in total. The van der Waals surface area contributed by atoms with E-state index in [9.17, 15) is 0 Å². The Labute approximate surface area is 99.4 Å². The highest BCUT2D eigenvalue weighted by Crippen LogP contribution is 2.25. The summed E-state index contributed by atoms with van der Waals surface area (Å²) in [5, 5.41) is 3.44. The molecule has 0 aliphatic heterocycles. The second kappa shape index (κ2) is 4.38. The van der Waals surface area contributed by atoms with Gasteiger partial charge in [-0.2, -0.15) is 0 Å². The molecule has 0 heterocycles. The van der Waals surface area contributed by atoms with Crippen LogP contribution in [0.1, 0.15) is 27.2 Å². The van der Waals surface area contributed by atoms with Gasteiger partial charge >= 0.3 is 0 Å². The van der Waals surface area contributed by atoms with Gasteiger partial charge in [-0.3, -0.25) is 0 Å². The summed E-state index contributed by atoms with van der Waals surface area (Å²) in [6, 6.07) is 6.08. The van der Waals surface area contributed by atoms with Crippen molar-refractivity contribution in [3.63, 3.8) is 0 Å². The van der Waals surface area contributed by atoms with Gasteiger partial charge in [-0.1, -0.05) is 6.92 Å². The highest BCUT2D eigenvalue weighted by atomic mass is 127. The van der Waals surface area contributed by atoms with Crippen molar-refractivity contribution in [1.82, 2.24) is 0 Å². The standard InChI is InChI=1S/C11H17IN2/c1-4-11(2,3)14-10-6-5-8(12)7-9(10)13/h5-7,14H,4,13H2,1-3H3. The zero-order valence-electron chi connectivity index (χ0n) is 8.89. The summed E-state index contributed by atoms with van der Waals surface area (Å²) >= 11 is 2.26. The summed E-state index contributed by atoms with van der Waals surface area (Å²) in [5.74, 6) is 0. The van der Waals surface area contributed by atoms with Crippen LogP contribution in [0.25, 0.3) is 0 Å². The molecule has 0 bridgehead atoms. The second-order valence-electron chi connectivity index (χ2n) is 4.09. The fraction of sp³-hybridized carbons (Fsp3) is 0.455. The quantitative estimate of drug-likeness (QED) is 0.663. The predicted molar refractivity (Wildman–Crippen MR) is 71.6 cm³/mol. The molecule has 78 valence electrons. The van der Waals surface area contributed by atoms with Gasteiger partial charge in [0.1, 0.15) is 0 Å². The van der Waals surface area contributed by atoms with E-state index in [0.29, 0.717) is 0 Å². The van der Waals surface area contributed by atoms with Crippen LogP contribution in [0.4, 0.5) is 11.4 Å². The van der Waals surface area contributed by atoms with Crippen molar-refractivity contribution < 1.29 is 0 Å². The Balaban J connectivity index is 2.87. The van der Waals surface area contributed by atoms with Crippen LogP contribution in [0.5, 0.6) is 0 Å². The van der Waals surface area contributed by atoms with E-state index in [1.807, 2.05) is 12.1 Å². The van der Waals surface area contributed by atoms with Crippen molar-refractivity contribution in [2.24, 2.45) is 0 Å². The largest absolute Gasteiger partial charge is 0.397 e. The molecule has 3 heteroatoms. The van der Waals surface area contributed by atoms with Gasteiger partial charge in [0.15, 0.2) is 0 Å². The maximum Gasteiger partial charge on any atom is 0.0578 e. The number of hydrogen-bond donors (Lipinski definition) is 2. The molecule has 0 saturated heterocycles. The van der Waals surface area contributed by atoms with Gasteiger partial charge in [0.25, 0.3) is 0 Å². The topological polar surface area (TPSA) is 38.0 Å². The van der Waals surface area contributed by atoms with Gasteiger partial charge < -0.3 is 11.1 Å². The number of nitrogen functional groups attached to an aromatic ring is 1. The van der Waals surface area contributed by atoms with Crippen LogP contribution < -0.4 is 11.1 Å². The Bertz CT molecular complexity index is 321. The smallest absolute Gasteiger partial charge is 0.0578 e. The summed E-state index contributed by atoms with van der Waals surface area (Å²) in [4.78, 5) is 0. The summed E-state index contributed by atoms with van der Waals surface area (Å²) in [7, 11) is 0. The van der Waals surface area contributed by atoms with Gasteiger partial charge in [0, 0.05) is 9.11 Å². The summed E-state index contributed by atoms with van der Waals surface area (Å²) in [5.41, 5.74) is 7.86. The second-order valence-corrected chi connectivity index (χ2v) is 5.34. The number of halogens is 1. The summed E-state index contributed by atoms with van der Waals surface area (Å²) in [6.45, 7) is 6.50. The van der Waals surface area contributed by atoms with Crippen LogP contribution in [0.3, 0.4) is 0 Å². The number of benzene rings is 1. The Morgan fingerprint density at radius 3 is 2.57 bits per heavy atom. The minimum Gasteiger partial charge on any atom is -0.397 e. The molecule has 0 spiro atoms. The molecule has 3 N–H and O–H groups in total. The van der Waals surface area contributed by atoms with Crippen LogP contribution in [0.2, 0.25) is 0 Å². The van der Waals surface area contributed by atoms with Crippen molar-refractivity contribution in [3.05, 3.63) is 21.8 Å². The van der Waals surface area contributed by atoms with E-state index in [0.717, 1.165) is 17.8 Å². The minimum absolute atomic E-state index is 0.0981. The molecule has 14 heavy (non-hydrogen) atoms. The van der Waals surface area contributed by atoms with Crippen LogP contribution >= 0.6 is 22.6 Å². The van der Waals surface area contributed by atoms with Crippen LogP contribution in [0, 0.1) is 3.57 Å². The first-order chi connectivity index (χ1) is 6.44. The summed E-state index contributed by atoms with van der Waals surface area (Å²) < 4.78 is 1.17. The number of anilines is 2. The van der Waals surface area contributed by atoms with Crippen LogP contribution in [-0.2, 0) is 0 Å². The van der Waals surface area contributed by atoms with Crippen molar-refractivity contribution in [3.8, 4) is 0 Å². The van der Waals surface area contributed by atoms with Gasteiger partial charge in [0.05, 0.1) is 11.4 Å². The Kier molecular flexibility index (Phi) is 3.64. The van der Waals surface area contributed by atoms with Crippen molar-refractivity contribution in [1.29, 1.82) is 0 Å². The van der Waals surface area contributed by atoms with E-state index in [4.69, 9.17) is 5.73 Å². The maximum atomic E-state index is 5.92.